The molecular formula is C14H17N3O3. The molecule has 0 aliphatic carbocycles. The number of hydrogen-bond acceptors (Lipinski definition) is 5. The number of nitro groups is 1. The Labute approximate surface area is 116 Å². The lowest BCUT2D eigenvalue weighted by Gasteiger charge is -2.21. The highest BCUT2D eigenvalue weighted by atomic mass is 16.6. The van der Waals surface area contributed by atoms with Gasteiger partial charge in [0, 0.05) is 36.0 Å². The van der Waals surface area contributed by atoms with Gasteiger partial charge in [0.25, 0.3) is 5.69 Å². The first kappa shape index (κ1) is 14.2. The Morgan fingerprint density at radius 1 is 1.40 bits per heavy atom. The number of aliphatic hydroxyl groups is 1. The van der Waals surface area contributed by atoms with Crippen molar-refractivity contribution in [2.24, 2.45) is 5.92 Å². The smallest absolute Gasteiger partial charge is 0.295 e. The van der Waals surface area contributed by atoms with Crippen LogP contribution in [0.2, 0.25) is 0 Å². The number of nitrogens with one attached hydrogen (secondary N) is 1. The average Bonchev–Trinajstić information content (AvgIpc) is 2.46. The number of nitrogens with zero attached hydrogens (tertiary/aromatic N) is 2. The molecule has 0 saturated heterocycles. The van der Waals surface area contributed by atoms with Crippen molar-refractivity contribution >= 4 is 22.3 Å². The van der Waals surface area contributed by atoms with Gasteiger partial charge in [0.15, 0.2) is 0 Å². The predicted octanol–water partition coefficient (Wildman–Crippen LogP) is 2.57. The van der Waals surface area contributed by atoms with Gasteiger partial charge >= 0.3 is 0 Å². The monoisotopic (exact) mass is 275 g/mol. The molecule has 6 nitrogen and oxygen atoms in total. The van der Waals surface area contributed by atoms with E-state index in [-0.39, 0.29) is 24.3 Å². The van der Waals surface area contributed by atoms with Crippen molar-refractivity contribution in [3.63, 3.8) is 0 Å². The van der Waals surface area contributed by atoms with Crippen molar-refractivity contribution in [2.45, 2.75) is 19.9 Å². The molecule has 0 bridgehead atoms. The molecule has 0 aliphatic rings. The van der Waals surface area contributed by atoms with E-state index in [0.29, 0.717) is 10.9 Å². The Balaban J connectivity index is 2.46. The van der Waals surface area contributed by atoms with Gasteiger partial charge in [-0.1, -0.05) is 6.92 Å². The van der Waals surface area contributed by atoms with E-state index in [1.54, 1.807) is 24.4 Å². The number of nitro benzene ring substituents is 1. The van der Waals surface area contributed by atoms with Gasteiger partial charge in [-0.3, -0.25) is 10.1 Å². The fraction of sp³-hybridized carbons (Fsp3) is 0.357. The van der Waals surface area contributed by atoms with Gasteiger partial charge in [-0.2, -0.15) is 0 Å². The summed E-state index contributed by atoms with van der Waals surface area (Å²) in [6, 6.07) is 6.73. The molecule has 2 atom stereocenters. The topological polar surface area (TPSA) is 88.3 Å². The molecule has 1 heterocycles. The molecule has 0 aliphatic heterocycles. The molecule has 106 valence electrons. The van der Waals surface area contributed by atoms with E-state index in [2.05, 4.69) is 10.3 Å². The summed E-state index contributed by atoms with van der Waals surface area (Å²) in [4.78, 5) is 14.7. The van der Waals surface area contributed by atoms with Crippen LogP contribution in [0.3, 0.4) is 0 Å². The summed E-state index contributed by atoms with van der Waals surface area (Å²) >= 11 is 0. The number of non-ortho nitro benzene ring substituents is 1. The summed E-state index contributed by atoms with van der Waals surface area (Å²) in [5.41, 5.74) is 1.15. The average molecular weight is 275 g/mol. The number of aliphatic hydroxyl groups excluding tert-OH is 1. The van der Waals surface area contributed by atoms with Gasteiger partial charge in [0.1, 0.15) is 5.52 Å². The van der Waals surface area contributed by atoms with Crippen molar-refractivity contribution in [1.82, 2.24) is 4.98 Å². The number of hydrogen-bond donors (Lipinski definition) is 2. The highest BCUT2D eigenvalue weighted by Crippen LogP contribution is 2.30. The molecule has 1 aromatic carbocycles. The van der Waals surface area contributed by atoms with E-state index in [9.17, 15) is 15.2 Å². The van der Waals surface area contributed by atoms with E-state index >= 15 is 0 Å². The summed E-state index contributed by atoms with van der Waals surface area (Å²) in [5.74, 6) is 0.0805. The Morgan fingerprint density at radius 3 is 2.80 bits per heavy atom. The molecule has 1 aromatic heterocycles. The predicted molar refractivity (Wildman–Crippen MR) is 77.7 cm³/mol. The Morgan fingerprint density at radius 2 is 2.15 bits per heavy atom. The van der Waals surface area contributed by atoms with Crippen molar-refractivity contribution in [3.8, 4) is 0 Å². The first-order chi connectivity index (χ1) is 9.54. The number of aromatic nitrogens is 1. The van der Waals surface area contributed by atoms with E-state index in [1.165, 1.54) is 6.07 Å². The summed E-state index contributed by atoms with van der Waals surface area (Å²) in [7, 11) is 0. The molecule has 20 heavy (non-hydrogen) atoms. The summed E-state index contributed by atoms with van der Waals surface area (Å²) in [6.45, 7) is 3.98. The first-order valence-corrected chi connectivity index (χ1v) is 6.44. The maximum atomic E-state index is 11.0. The molecule has 0 amide bonds. The number of benzene rings is 1. The van der Waals surface area contributed by atoms with Gasteiger partial charge in [0.05, 0.1) is 4.92 Å². The standard InChI is InChI=1S/C14H17N3O3/c1-9(8-18)10(2)16-12-5-6-13(17(19)20)14-11(12)4-3-7-15-14/h3-7,9-10,16,18H,8H2,1-2H3. The Kier molecular flexibility index (Phi) is 4.14. The first-order valence-electron chi connectivity index (χ1n) is 6.44. The second kappa shape index (κ2) is 5.83. The second-order valence-corrected chi connectivity index (χ2v) is 4.88. The summed E-state index contributed by atoms with van der Waals surface area (Å²) in [6.07, 6.45) is 1.54. The third-order valence-corrected chi connectivity index (χ3v) is 3.47. The van der Waals surface area contributed by atoms with Crippen molar-refractivity contribution < 1.29 is 10.0 Å². The van der Waals surface area contributed by atoms with Crippen LogP contribution in [0.5, 0.6) is 0 Å². The highest BCUT2D eigenvalue weighted by molar-refractivity contribution is 5.96. The van der Waals surface area contributed by atoms with Crippen LogP contribution in [0, 0.1) is 16.0 Å². The molecule has 2 N–H and O–H groups in total. The summed E-state index contributed by atoms with van der Waals surface area (Å²) < 4.78 is 0. The van der Waals surface area contributed by atoms with E-state index in [1.807, 2.05) is 13.8 Å². The van der Waals surface area contributed by atoms with Gasteiger partial charge < -0.3 is 10.4 Å². The van der Waals surface area contributed by atoms with Gasteiger partial charge in [-0.05, 0) is 31.0 Å². The molecule has 0 saturated carbocycles. The normalized spacial score (nSPS) is 13.9. The fourth-order valence-electron chi connectivity index (χ4n) is 1.98. The van der Waals surface area contributed by atoms with Gasteiger partial charge in [0.2, 0.25) is 0 Å². The van der Waals surface area contributed by atoms with Gasteiger partial charge in [-0.25, -0.2) is 4.98 Å². The quantitative estimate of drug-likeness (QED) is 0.646. The third kappa shape index (κ3) is 2.70. The minimum absolute atomic E-state index is 0.00555. The minimum atomic E-state index is -0.432. The summed E-state index contributed by atoms with van der Waals surface area (Å²) in [5, 5.41) is 24.2. The number of fused-ring (bicyclic) bond motifs is 1. The zero-order valence-electron chi connectivity index (χ0n) is 11.4. The van der Waals surface area contributed by atoms with Crippen LogP contribution in [0.15, 0.2) is 30.5 Å². The van der Waals surface area contributed by atoms with Crippen LogP contribution in [0.25, 0.3) is 10.9 Å². The van der Waals surface area contributed by atoms with Crippen LogP contribution in [-0.2, 0) is 0 Å². The maximum Gasteiger partial charge on any atom is 0.295 e. The van der Waals surface area contributed by atoms with Crippen molar-refractivity contribution in [2.75, 3.05) is 11.9 Å². The van der Waals surface area contributed by atoms with Crippen LogP contribution in [0.1, 0.15) is 13.8 Å². The number of rotatable bonds is 5. The van der Waals surface area contributed by atoms with Crippen LogP contribution in [0.4, 0.5) is 11.4 Å². The molecule has 0 fully saturated rings. The van der Waals surface area contributed by atoms with Gasteiger partial charge in [-0.15, -0.1) is 0 Å². The lowest BCUT2D eigenvalue weighted by Crippen LogP contribution is -2.26. The van der Waals surface area contributed by atoms with E-state index < -0.39 is 4.92 Å². The minimum Gasteiger partial charge on any atom is -0.396 e. The molecule has 6 heteroatoms. The molecule has 2 aromatic rings. The van der Waals surface area contributed by atoms with E-state index in [0.717, 1.165) is 5.69 Å². The third-order valence-electron chi connectivity index (χ3n) is 3.47. The largest absolute Gasteiger partial charge is 0.396 e. The maximum absolute atomic E-state index is 11.0. The lowest BCUT2D eigenvalue weighted by atomic mass is 10.0. The van der Waals surface area contributed by atoms with Crippen LogP contribution in [-0.4, -0.2) is 27.7 Å². The van der Waals surface area contributed by atoms with Crippen LogP contribution < -0.4 is 5.32 Å². The van der Waals surface area contributed by atoms with Crippen LogP contribution >= 0.6 is 0 Å². The van der Waals surface area contributed by atoms with Crippen molar-refractivity contribution in [3.05, 3.63) is 40.6 Å². The second-order valence-electron chi connectivity index (χ2n) is 4.88. The molecule has 0 spiro atoms. The molecule has 0 radical (unpaired) electrons. The van der Waals surface area contributed by atoms with E-state index in [4.69, 9.17) is 0 Å². The molecule has 2 rings (SSSR count). The number of pyridine rings is 1. The molecule has 2 unspecified atom stereocenters. The zero-order chi connectivity index (χ0) is 14.7. The lowest BCUT2D eigenvalue weighted by molar-refractivity contribution is -0.383. The Bertz CT molecular complexity index is 630. The Hall–Kier alpha value is -2.21. The van der Waals surface area contributed by atoms with Crippen molar-refractivity contribution in [1.29, 1.82) is 0 Å². The number of anilines is 1. The zero-order valence-corrected chi connectivity index (χ0v) is 11.4. The fourth-order valence-corrected chi connectivity index (χ4v) is 1.98. The SMILES string of the molecule is CC(CO)C(C)Nc1ccc([N+](=O)[O-])c2ncccc12. The molecular weight excluding hydrogens is 258 g/mol. The highest BCUT2D eigenvalue weighted by Gasteiger charge is 2.17.